The fraction of sp³-hybridized carbons (Fsp3) is 0.0882. The number of aromatic nitrogens is 1. The van der Waals surface area contributed by atoms with Crippen LogP contribution >= 0.6 is 11.3 Å². The van der Waals surface area contributed by atoms with Gasteiger partial charge < -0.3 is 10.2 Å². The van der Waals surface area contributed by atoms with Gasteiger partial charge in [0.2, 0.25) is 0 Å². The van der Waals surface area contributed by atoms with Crippen molar-refractivity contribution in [3.63, 3.8) is 0 Å². The number of para-hydroxylation sites is 3. The van der Waals surface area contributed by atoms with E-state index in [4.69, 9.17) is 15.1 Å². The lowest BCUT2D eigenvalue weighted by Gasteiger charge is -2.10. The van der Waals surface area contributed by atoms with Crippen LogP contribution in [0.1, 0.15) is 25.3 Å². The van der Waals surface area contributed by atoms with Crippen LogP contribution in [0.2, 0.25) is 0 Å². The first-order valence-corrected chi connectivity index (χ1v) is 13.7. The van der Waals surface area contributed by atoms with Gasteiger partial charge in [0.05, 0.1) is 10.2 Å². The number of nitrogens with two attached hydrogens (primary N) is 1. The summed E-state index contributed by atoms with van der Waals surface area (Å²) in [4.78, 5) is 5.15. The maximum absolute atomic E-state index is 6.44. The van der Waals surface area contributed by atoms with Gasteiger partial charge in [-0.2, -0.15) is 0 Å². The Hall–Kier alpha value is -4.41. The van der Waals surface area contributed by atoms with Gasteiger partial charge >= 0.3 is 0 Å². The molecule has 184 valence electrons. The van der Waals surface area contributed by atoms with Crippen molar-refractivity contribution >= 4 is 49.2 Å². The molecule has 7 rings (SSSR count). The van der Waals surface area contributed by atoms with Crippen molar-refractivity contribution in [3.8, 4) is 32.8 Å². The van der Waals surface area contributed by atoms with Gasteiger partial charge in [-0.1, -0.05) is 86.6 Å². The van der Waals surface area contributed by atoms with Gasteiger partial charge in [-0.15, -0.1) is 11.3 Å². The Kier molecular flexibility index (Phi) is 5.31. The van der Waals surface area contributed by atoms with E-state index >= 15 is 0 Å². The molecule has 0 spiro atoms. The molecule has 38 heavy (non-hydrogen) atoms. The van der Waals surface area contributed by atoms with Crippen LogP contribution in [0.5, 0.6) is 0 Å². The van der Waals surface area contributed by atoms with Crippen LogP contribution < -0.4 is 5.73 Å². The molecular formula is C34H26N2OS. The van der Waals surface area contributed by atoms with E-state index in [9.17, 15) is 0 Å². The number of hydrogen-bond acceptors (Lipinski definition) is 4. The molecule has 2 aromatic heterocycles. The fourth-order valence-corrected chi connectivity index (χ4v) is 6.31. The van der Waals surface area contributed by atoms with Crippen molar-refractivity contribution in [2.45, 2.75) is 19.8 Å². The molecule has 0 saturated carbocycles. The van der Waals surface area contributed by atoms with Gasteiger partial charge in [-0.3, -0.25) is 0 Å². The highest BCUT2D eigenvalue weighted by Gasteiger charge is 2.19. The fourth-order valence-electron chi connectivity index (χ4n) is 5.23. The highest BCUT2D eigenvalue weighted by atomic mass is 32.1. The zero-order chi connectivity index (χ0) is 25.8. The third-order valence-corrected chi connectivity index (χ3v) is 8.33. The number of anilines is 1. The van der Waals surface area contributed by atoms with Crippen LogP contribution in [0.3, 0.4) is 0 Å². The summed E-state index contributed by atoms with van der Waals surface area (Å²) in [5, 5.41) is 3.15. The summed E-state index contributed by atoms with van der Waals surface area (Å²) in [5.41, 5.74) is 16.6. The molecule has 0 amide bonds. The number of fused-ring (bicyclic) bond motifs is 4. The average molecular weight is 511 g/mol. The van der Waals surface area contributed by atoms with E-state index < -0.39 is 0 Å². The Morgan fingerprint density at radius 1 is 0.711 bits per heavy atom. The second-order valence-electron chi connectivity index (χ2n) is 10.0. The Labute approximate surface area is 225 Å². The predicted molar refractivity (Wildman–Crippen MR) is 162 cm³/mol. The Morgan fingerprint density at radius 2 is 1.45 bits per heavy atom. The molecule has 0 bridgehead atoms. The third kappa shape index (κ3) is 3.68. The van der Waals surface area contributed by atoms with Gasteiger partial charge in [0.15, 0.2) is 0 Å². The third-order valence-electron chi connectivity index (χ3n) is 7.29. The second-order valence-corrected chi connectivity index (χ2v) is 11.1. The number of benzene rings is 5. The van der Waals surface area contributed by atoms with Crippen LogP contribution in [0, 0.1) is 0 Å². The highest BCUT2D eigenvalue weighted by molar-refractivity contribution is 7.21. The first-order valence-electron chi connectivity index (χ1n) is 12.9. The topological polar surface area (TPSA) is 52.0 Å². The summed E-state index contributed by atoms with van der Waals surface area (Å²) in [6, 6.07) is 35.9. The summed E-state index contributed by atoms with van der Waals surface area (Å²) in [7, 11) is 0. The number of hydrogen-bond donors (Lipinski definition) is 1. The van der Waals surface area contributed by atoms with E-state index in [2.05, 4.69) is 80.6 Å². The molecule has 0 saturated heterocycles. The lowest BCUT2D eigenvalue weighted by Crippen LogP contribution is -1.89. The minimum Gasteiger partial charge on any atom is -0.455 e. The van der Waals surface area contributed by atoms with Crippen LogP contribution in [0.15, 0.2) is 108 Å². The molecule has 0 fully saturated rings. The second kappa shape index (κ2) is 8.86. The number of furan rings is 1. The first-order chi connectivity index (χ1) is 18.6. The zero-order valence-electron chi connectivity index (χ0n) is 21.2. The Bertz CT molecular complexity index is 1960. The van der Waals surface area contributed by atoms with Gasteiger partial charge in [-0.25, -0.2) is 4.98 Å². The van der Waals surface area contributed by atoms with E-state index in [1.54, 1.807) is 11.3 Å². The van der Waals surface area contributed by atoms with Crippen LogP contribution in [-0.4, -0.2) is 4.98 Å². The SMILES string of the molecule is CC(C)c1ccc(-c2cc(-c3cccc4c3oc3ccccc34)c3nc(-c4ccccc4N)sc3c2)cc1. The normalized spacial score (nSPS) is 11.8. The molecule has 2 heterocycles. The van der Waals surface area contributed by atoms with E-state index in [1.807, 2.05) is 36.4 Å². The van der Waals surface area contributed by atoms with Crippen LogP contribution in [0.4, 0.5) is 5.69 Å². The van der Waals surface area contributed by atoms with Gasteiger partial charge in [0.1, 0.15) is 16.2 Å². The largest absolute Gasteiger partial charge is 0.455 e. The van der Waals surface area contributed by atoms with Crippen molar-refractivity contribution in [2.75, 3.05) is 5.73 Å². The molecular weight excluding hydrogens is 484 g/mol. The van der Waals surface area contributed by atoms with Gasteiger partial charge in [-0.05, 0) is 52.9 Å². The van der Waals surface area contributed by atoms with Crippen LogP contribution in [-0.2, 0) is 0 Å². The molecule has 2 N–H and O–H groups in total. The summed E-state index contributed by atoms with van der Waals surface area (Å²) in [6.45, 7) is 4.45. The summed E-state index contributed by atoms with van der Waals surface area (Å²) >= 11 is 1.68. The monoisotopic (exact) mass is 510 g/mol. The number of rotatable bonds is 4. The molecule has 0 aliphatic heterocycles. The molecule has 0 aliphatic rings. The van der Waals surface area contributed by atoms with Gasteiger partial charge in [0.25, 0.3) is 0 Å². The number of nitrogen functional groups attached to an aromatic ring is 1. The molecule has 5 aromatic carbocycles. The van der Waals surface area contributed by atoms with E-state index in [0.29, 0.717) is 5.92 Å². The number of thiazole rings is 1. The lowest BCUT2D eigenvalue weighted by atomic mass is 9.95. The number of nitrogens with zero attached hydrogens (tertiary/aromatic N) is 1. The zero-order valence-corrected chi connectivity index (χ0v) is 22.0. The predicted octanol–water partition coefficient (Wildman–Crippen LogP) is 9.90. The highest BCUT2D eigenvalue weighted by Crippen LogP contribution is 2.43. The quantitative estimate of drug-likeness (QED) is 0.240. The summed E-state index contributed by atoms with van der Waals surface area (Å²) in [6.07, 6.45) is 0. The lowest BCUT2D eigenvalue weighted by molar-refractivity contribution is 0.670. The molecule has 0 atom stereocenters. The molecule has 0 aliphatic carbocycles. The van der Waals surface area contributed by atoms with E-state index in [1.165, 1.54) is 11.1 Å². The first kappa shape index (κ1) is 22.8. The Balaban J connectivity index is 1.51. The van der Waals surface area contributed by atoms with E-state index in [-0.39, 0.29) is 0 Å². The Morgan fingerprint density at radius 3 is 2.26 bits per heavy atom. The minimum atomic E-state index is 0.494. The summed E-state index contributed by atoms with van der Waals surface area (Å²) < 4.78 is 7.56. The van der Waals surface area contributed by atoms with Crippen LogP contribution in [0.25, 0.3) is 65.0 Å². The molecule has 0 radical (unpaired) electrons. The smallest absolute Gasteiger partial charge is 0.143 e. The standard InChI is InChI=1S/C34H26N2OS/c1-20(2)21-14-16-22(17-15-21)23-18-28(26-11-7-10-25-24-8-4-6-13-30(24)37-33(25)26)32-31(19-23)38-34(36-32)27-9-3-5-12-29(27)35/h3-20H,35H2,1-2H3. The maximum atomic E-state index is 6.44. The average Bonchev–Trinajstić information content (AvgIpc) is 3.54. The maximum Gasteiger partial charge on any atom is 0.143 e. The van der Waals surface area contributed by atoms with E-state index in [0.717, 1.165) is 65.1 Å². The van der Waals surface area contributed by atoms with Crippen molar-refractivity contribution < 1.29 is 4.42 Å². The summed E-state index contributed by atoms with van der Waals surface area (Å²) in [5.74, 6) is 0.494. The van der Waals surface area contributed by atoms with Crippen molar-refractivity contribution in [2.24, 2.45) is 0 Å². The van der Waals surface area contributed by atoms with Crippen molar-refractivity contribution in [1.29, 1.82) is 0 Å². The molecule has 3 nitrogen and oxygen atoms in total. The molecule has 4 heteroatoms. The van der Waals surface area contributed by atoms with Gasteiger partial charge in [0, 0.05) is 33.2 Å². The minimum absolute atomic E-state index is 0.494. The molecule has 7 aromatic rings. The van der Waals surface area contributed by atoms with Crippen molar-refractivity contribution in [3.05, 3.63) is 109 Å². The van der Waals surface area contributed by atoms with Crippen molar-refractivity contribution in [1.82, 2.24) is 4.98 Å². The molecule has 0 unspecified atom stereocenters.